The Balaban J connectivity index is 1.30. The van der Waals surface area contributed by atoms with Crippen LogP contribution in [-0.2, 0) is 33.9 Å². The van der Waals surface area contributed by atoms with Crippen LogP contribution in [0, 0.1) is 5.92 Å². The Bertz CT molecular complexity index is 1820. The molecule has 15 nitrogen and oxygen atoms in total. The number of hydrogen-bond acceptors (Lipinski definition) is 11. The van der Waals surface area contributed by atoms with Gasteiger partial charge in [-0.2, -0.15) is 0 Å². The molecule has 2 aliphatic heterocycles. The van der Waals surface area contributed by atoms with E-state index < -0.39 is 74.3 Å². The van der Waals surface area contributed by atoms with Crippen molar-refractivity contribution < 1.29 is 46.5 Å². The standard InChI is InChI=1S/C35H45N5O10S/c1-34(2,3)50-33(44)37-27-13-16-48-15-6-5-7-22-19-35(22,32(43)39-51(45,46)25-9-10-25)38-29(41)28-18-24(20-40(28)31(27)42)49-30-26-11-8-23(47-4)17-21(26)12-14-36-30/h5,7-8,11-12,14,17,22,24-25,27-28H,6,9-10,13,15-16,18-20H2,1-4H3,(H,37,44)(H,38,41)(H,39,43)/b7-5-/t22-,24-,27+,28+,35-/m1/s1. The lowest BCUT2D eigenvalue weighted by Crippen LogP contribution is -2.58. The number of pyridine rings is 1. The van der Waals surface area contributed by atoms with Gasteiger partial charge < -0.3 is 34.5 Å². The van der Waals surface area contributed by atoms with Crippen LogP contribution in [0.15, 0.2) is 42.6 Å². The van der Waals surface area contributed by atoms with Crippen LogP contribution in [0.5, 0.6) is 11.6 Å². The van der Waals surface area contributed by atoms with E-state index in [0.717, 1.165) is 5.39 Å². The van der Waals surface area contributed by atoms with Gasteiger partial charge in [0.25, 0.3) is 5.91 Å². The fourth-order valence-corrected chi connectivity index (χ4v) is 7.84. The molecule has 276 valence electrons. The van der Waals surface area contributed by atoms with Gasteiger partial charge in [0.1, 0.15) is 35.1 Å². The quantitative estimate of drug-likeness (QED) is 0.355. The first kappa shape index (κ1) is 36.4. The number of carbonyl (C=O) groups is 4. The zero-order chi connectivity index (χ0) is 36.6. The monoisotopic (exact) mass is 727 g/mol. The van der Waals surface area contributed by atoms with E-state index in [2.05, 4.69) is 20.3 Å². The fraction of sp³-hybridized carbons (Fsp3) is 0.571. The van der Waals surface area contributed by atoms with E-state index in [-0.39, 0.29) is 32.4 Å². The zero-order valence-corrected chi connectivity index (χ0v) is 30.0. The topological polar surface area (TPSA) is 192 Å². The molecule has 5 atom stereocenters. The lowest BCUT2D eigenvalue weighted by atomic mass is 10.1. The van der Waals surface area contributed by atoms with Crippen LogP contribution >= 0.6 is 0 Å². The summed E-state index contributed by atoms with van der Waals surface area (Å²) in [6, 6.07) is 4.97. The van der Waals surface area contributed by atoms with Crippen molar-refractivity contribution in [3.8, 4) is 11.6 Å². The van der Waals surface area contributed by atoms with Crippen LogP contribution in [-0.4, -0.2) is 104 Å². The molecule has 2 saturated carbocycles. The molecular weight excluding hydrogens is 682 g/mol. The van der Waals surface area contributed by atoms with Gasteiger partial charge in [-0.05, 0) is 76.1 Å². The molecule has 1 aromatic heterocycles. The smallest absolute Gasteiger partial charge is 0.408 e. The first-order chi connectivity index (χ1) is 24.2. The summed E-state index contributed by atoms with van der Waals surface area (Å²) in [5, 5.41) is 6.36. The molecule has 1 aromatic carbocycles. The first-order valence-corrected chi connectivity index (χ1v) is 18.8. The average molecular weight is 728 g/mol. The van der Waals surface area contributed by atoms with Crippen LogP contribution in [0.3, 0.4) is 0 Å². The van der Waals surface area contributed by atoms with E-state index in [1.165, 1.54) is 4.90 Å². The number of alkyl carbamates (subject to hydrolysis) is 1. The van der Waals surface area contributed by atoms with Crippen LogP contribution in [0.1, 0.15) is 59.3 Å². The average Bonchev–Trinajstić information content (AvgIpc) is 3.99. The predicted octanol–water partition coefficient (Wildman–Crippen LogP) is 2.33. The molecule has 0 unspecified atom stereocenters. The summed E-state index contributed by atoms with van der Waals surface area (Å²) in [5.74, 6) is -1.57. The van der Waals surface area contributed by atoms with Gasteiger partial charge in [-0.25, -0.2) is 18.2 Å². The van der Waals surface area contributed by atoms with Crippen LogP contribution in [0.25, 0.3) is 10.8 Å². The van der Waals surface area contributed by atoms with E-state index in [0.29, 0.717) is 42.9 Å². The van der Waals surface area contributed by atoms with Crippen LogP contribution < -0.4 is 24.8 Å². The molecule has 0 radical (unpaired) electrons. The molecule has 2 aromatic rings. The Hall–Kier alpha value is -4.44. The van der Waals surface area contributed by atoms with Gasteiger partial charge in [-0.15, -0.1) is 0 Å². The summed E-state index contributed by atoms with van der Waals surface area (Å²) in [4.78, 5) is 60.8. The number of rotatable bonds is 7. The second kappa shape index (κ2) is 14.3. The number of ether oxygens (including phenoxy) is 4. The predicted molar refractivity (Wildman–Crippen MR) is 184 cm³/mol. The molecule has 3 N–H and O–H groups in total. The number of carbonyl (C=O) groups excluding carboxylic acids is 4. The molecule has 2 aliphatic carbocycles. The Morgan fingerprint density at radius 1 is 1.12 bits per heavy atom. The summed E-state index contributed by atoms with van der Waals surface area (Å²) in [5.41, 5.74) is -2.36. The van der Waals surface area contributed by atoms with E-state index in [1.54, 1.807) is 46.2 Å². The Morgan fingerprint density at radius 3 is 2.63 bits per heavy atom. The summed E-state index contributed by atoms with van der Waals surface area (Å²) in [7, 11) is -2.33. The number of nitrogens with one attached hydrogen (secondary N) is 3. The van der Waals surface area contributed by atoms with Crippen LogP contribution in [0.2, 0.25) is 0 Å². The van der Waals surface area contributed by atoms with Gasteiger partial charge in [0.05, 0.1) is 25.5 Å². The Kier molecular flexibility index (Phi) is 10.2. The third-order valence-electron chi connectivity index (χ3n) is 9.36. The summed E-state index contributed by atoms with van der Waals surface area (Å²) in [6.07, 6.45) is 5.37. The maximum Gasteiger partial charge on any atom is 0.408 e. The number of nitrogens with zero attached hydrogens (tertiary/aromatic N) is 2. The largest absolute Gasteiger partial charge is 0.497 e. The SMILES string of the molecule is COc1ccc2c(O[C@@H]3C[C@H]4C(=O)N[C@]5(C(=O)NS(=O)(=O)C6CC6)C[C@H]5/C=C\CCOCC[C@H](NC(=O)OC(C)(C)C)C(=O)N4C3)nccc2c1. The molecule has 0 spiro atoms. The highest BCUT2D eigenvalue weighted by Crippen LogP contribution is 2.46. The van der Waals surface area contributed by atoms with Crippen molar-refractivity contribution in [2.45, 2.75) is 93.9 Å². The van der Waals surface area contributed by atoms with Crippen molar-refractivity contribution in [3.63, 3.8) is 0 Å². The number of methoxy groups -OCH3 is 1. The number of amides is 4. The summed E-state index contributed by atoms with van der Waals surface area (Å²) < 4.78 is 50.6. The zero-order valence-electron chi connectivity index (χ0n) is 29.2. The number of hydrogen-bond donors (Lipinski definition) is 3. The van der Waals surface area contributed by atoms with Gasteiger partial charge in [0.15, 0.2) is 0 Å². The van der Waals surface area contributed by atoms with Crippen molar-refractivity contribution in [2.75, 3.05) is 26.9 Å². The van der Waals surface area contributed by atoms with Gasteiger partial charge in [-0.3, -0.25) is 19.1 Å². The molecule has 4 amide bonds. The number of fused-ring (bicyclic) bond motifs is 3. The number of aromatic nitrogens is 1. The molecule has 0 bridgehead atoms. The van der Waals surface area contributed by atoms with Crippen molar-refractivity contribution in [1.29, 1.82) is 0 Å². The fourth-order valence-electron chi connectivity index (χ4n) is 6.47. The first-order valence-electron chi connectivity index (χ1n) is 17.2. The van der Waals surface area contributed by atoms with Crippen LogP contribution in [0.4, 0.5) is 4.79 Å². The lowest BCUT2D eigenvalue weighted by molar-refractivity contribution is -0.141. The van der Waals surface area contributed by atoms with Gasteiger partial charge in [0, 0.05) is 36.9 Å². The molecule has 51 heavy (non-hydrogen) atoms. The summed E-state index contributed by atoms with van der Waals surface area (Å²) in [6.45, 7) is 5.49. The second-order valence-corrected chi connectivity index (χ2v) is 16.4. The van der Waals surface area contributed by atoms with Crippen molar-refractivity contribution >= 4 is 44.6 Å². The lowest BCUT2D eigenvalue weighted by Gasteiger charge is -2.30. The van der Waals surface area contributed by atoms with E-state index >= 15 is 0 Å². The van der Waals surface area contributed by atoms with Crippen molar-refractivity contribution in [2.24, 2.45) is 5.92 Å². The minimum atomic E-state index is -3.90. The highest BCUT2D eigenvalue weighted by Gasteiger charge is 2.62. The minimum Gasteiger partial charge on any atom is -0.497 e. The maximum atomic E-state index is 14.3. The van der Waals surface area contributed by atoms with Crippen molar-refractivity contribution in [1.82, 2.24) is 25.2 Å². The third-order valence-corrected chi connectivity index (χ3v) is 11.2. The molecular formula is C35H45N5O10S. The molecule has 4 aliphatic rings. The van der Waals surface area contributed by atoms with E-state index in [9.17, 15) is 27.6 Å². The van der Waals surface area contributed by atoms with E-state index in [4.69, 9.17) is 18.9 Å². The molecule has 16 heteroatoms. The Morgan fingerprint density at radius 2 is 1.90 bits per heavy atom. The molecule has 6 rings (SSSR count). The van der Waals surface area contributed by atoms with Crippen molar-refractivity contribution in [3.05, 3.63) is 42.6 Å². The molecule has 3 heterocycles. The summed E-state index contributed by atoms with van der Waals surface area (Å²) >= 11 is 0. The highest BCUT2D eigenvalue weighted by molar-refractivity contribution is 7.91. The molecule has 3 fully saturated rings. The number of sulfonamides is 1. The minimum absolute atomic E-state index is 0.0278. The maximum absolute atomic E-state index is 14.3. The molecule has 1 saturated heterocycles. The third kappa shape index (κ3) is 8.38. The van der Waals surface area contributed by atoms with Gasteiger partial charge in [0.2, 0.25) is 27.7 Å². The Labute approximate surface area is 296 Å². The highest BCUT2D eigenvalue weighted by atomic mass is 32.2. The normalized spacial score (nSPS) is 27.9. The van der Waals surface area contributed by atoms with Gasteiger partial charge >= 0.3 is 6.09 Å². The second-order valence-electron chi connectivity index (χ2n) is 14.4. The number of benzene rings is 1. The van der Waals surface area contributed by atoms with Gasteiger partial charge in [-0.1, -0.05) is 12.2 Å². The van der Waals surface area contributed by atoms with E-state index in [1.807, 2.05) is 24.3 Å².